The number of carbonyl (C=O) groups is 2. The third-order valence-electron chi connectivity index (χ3n) is 7.21. The molecule has 0 atom stereocenters. The third kappa shape index (κ3) is 4.86. The molecule has 7 nitrogen and oxygen atoms in total. The Balaban J connectivity index is 1.43. The summed E-state index contributed by atoms with van der Waals surface area (Å²) in [6.45, 7) is 4.66. The van der Waals surface area contributed by atoms with Gasteiger partial charge in [-0.3, -0.25) is 14.3 Å². The van der Waals surface area contributed by atoms with E-state index in [0.717, 1.165) is 23.2 Å². The normalized spacial score (nSPS) is 16.3. The van der Waals surface area contributed by atoms with Gasteiger partial charge in [0.2, 0.25) is 0 Å². The fourth-order valence-electron chi connectivity index (χ4n) is 5.10. The second kappa shape index (κ2) is 10.0. The summed E-state index contributed by atoms with van der Waals surface area (Å²) in [6, 6.07) is 17.9. The summed E-state index contributed by atoms with van der Waals surface area (Å²) in [7, 11) is 0. The molecule has 0 saturated carbocycles. The number of benzene rings is 2. The van der Waals surface area contributed by atoms with Crippen LogP contribution in [0.25, 0.3) is 0 Å². The standard InChI is InChI=1S/C28H32N4O3/c1-20-7-5-6-10-23(20)27(34)31-17-14-25-24(19-31)26(28(35)30-15-12-22(33)13-16-30)29-32(25)18-11-21-8-3-2-4-9-21/h2-10,22,33H,11-19H2,1H3. The van der Waals surface area contributed by atoms with Gasteiger partial charge in [0.05, 0.1) is 12.6 Å². The first-order chi connectivity index (χ1) is 17.0. The number of hydrogen-bond acceptors (Lipinski definition) is 4. The smallest absolute Gasteiger partial charge is 0.274 e. The number of fused-ring (bicyclic) bond motifs is 1. The summed E-state index contributed by atoms with van der Waals surface area (Å²) >= 11 is 0. The van der Waals surface area contributed by atoms with E-state index in [1.807, 2.05) is 59.0 Å². The van der Waals surface area contributed by atoms with E-state index in [9.17, 15) is 14.7 Å². The van der Waals surface area contributed by atoms with E-state index >= 15 is 0 Å². The Bertz CT molecular complexity index is 1210. The zero-order chi connectivity index (χ0) is 24.4. The maximum Gasteiger partial charge on any atom is 0.274 e. The Kier molecular flexibility index (Phi) is 6.68. The first-order valence-corrected chi connectivity index (χ1v) is 12.5. The van der Waals surface area contributed by atoms with Crippen molar-refractivity contribution in [1.29, 1.82) is 0 Å². The minimum absolute atomic E-state index is 0.00900. The Labute approximate surface area is 206 Å². The summed E-state index contributed by atoms with van der Waals surface area (Å²) in [4.78, 5) is 30.5. The number of rotatable bonds is 5. The molecule has 3 aromatic rings. The second-order valence-electron chi connectivity index (χ2n) is 9.55. The molecule has 1 N–H and O–H groups in total. The topological polar surface area (TPSA) is 78.7 Å². The minimum Gasteiger partial charge on any atom is -0.393 e. The van der Waals surface area contributed by atoms with Gasteiger partial charge in [-0.25, -0.2) is 0 Å². The zero-order valence-corrected chi connectivity index (χ0v) is 20.2. The van der Waals surface area contributed by atoms with Gasteiger partial charge in [-0.1, -0.05) is 48.5 Å². The summed E-state index contributed by atoms with van der Waals surface area (Å²) in [6.07, 6.45) is 2.31. The molecule has 0 unspecified atom stereocenters. The Morgan fingerprint density at radius 2 is 1.66 bits per heavy atom. The lowest BCUT2D eigenvalue weighted by atomic mass is 10.0. The fraction of sp³-hybridized carbons (Fsp3) is 0.393. The van der Waals surface area contributed by atoms with Crippen LogP contribution in [0, 0.1) is 6.92 Å². The Morgan fingerprint density at radius 3 is 2.40 bits per heavy atom. The highest BCUT2D eigenvalue weighted by molar-refractivity contribution is 5.97. The molecular formula is C28H32N4O3. The van der Waals surface area contributed by atoms with Gasteiger partial charge in [0.15, 0.2) is 5.69 Å². The second-order valence-corrected chi connectivity index (χ2v) is 9.55. The van der Waals surface area contributed by atoms with E-state index in [-0.39, 0.29) is 17.9 Å². The van der Waals surface area contributed by atoms with E-state index in [1.54, 1.807) is 4.90 Å². The predicted octanol–water partition coefficient (Wildman–Crippen LogP) is 3.23. The highest BCUT2D eigenvalue weighted by Crippen LogP contribution is 2.27. The molecular weight excluding hydrogens is 440 g/mol. The Hall–Kier alpha value is -3.45. The highest BCUT2D eigenvalue weighted by atomic mass is 16.3. The molecule has 7 heteroatoms. The van der Waals surface area contributed by atoms with Gasteiger partial charge < -0.3 is 14.9 Å². The molecule has 0 aliphatic carbocycles. The number of aliphatic hydroxyl groups is 1. The summed E-state index contributed by atoms with van der Waals surface area (Å²) in [5.74, 6) is -0.109. The van der Waals surface area contributed by atoms with Crippen molar-refractivity contribution in [1.82, 2.24) is 19.6 Å². The molecule has 2 aromatic carbocycles. The number of amides is 2. The van der Waals surface area contributed by atoms with Crippen molar-refractivity contribution in [3.05, 3.63) is 88.2 Å². The molecule has 0 spiro atoms. The van der Waals surface area contributed by atoms with Crippen LogP contribution in [0.3, 0.4) is 0 Å². The monoisotopic (exact) mass is 472 g/mol. The molecule has 0 radical (unpaired) electrons. The maximum atomic E-state index is 13.5. The van der Waals surface area contributed by atoms with Crippen LogP contribution in [0.15, 0.2) is 54.6 Å². The van der Waals surface area contributed by atoms with Crippen molar-refractivity contribution in [3.63, 3.8) is 0 Å². The number of hydrogen-bond donors (Lipinski definition) is 1. The van der Waals surface area contributed by atoms with Crippen molar-refractivity contribution < 1.29 is 14.7 Å². The molecule has 1 saturated heterocycles. The first-order valence-electron chi connectivity index (χ1n) is 12.5. The molecule has 5 rings (SSSR count). The third-order valence-corrected chi connectivity index (χ3v) is 7.21. The summed E-state index contributed by atoms with van der Waals surface area (Å²) in [5.41, 5.74) is 5.24. The van der Waals surface area contributed by atoms with Crippen LogP contribution in [-0.4, -0.2) is 62.2 Å². The molecule has 2 aliphatic heterocycles. The van der Waals surface area contributed by atoms with Crippen LogP contribution in [0.5, 0.6) is 0 Å². The number of carbonyl (C=O) groups excluding carboxylic acids is 2. The van der Waals surface area contributed by atoms with Crippen LogP contribution in [0.4, 0.5) is 0 Å². The number of likely N-dealkylation sites (tertiary alicyclic amines) is 1. The van der Waals surface area contributed by atoms with Crippen molar-refractivity contribution in [3.8, 4) is 0 Å². The molecule has 35 heavy (non-hydrogen) atoms. The van der Waals surface area contributed by atoms with E-state index < -0.39 is 0 Å². The summed E-state index contributed by atoms with van der Waals surface area (Å²) < 4.78 is 1.98. The van der Waals surface area contributed by atoms with Crippen molar-refractivity contribution in [2.24, 2.45) is 0 Å². The van der Waals surface area contributed by atoms with Crippen molar-refractivity contribution in [2.75, 3.05) is 19.6 Å². The van der Waals surface area contributed by atoms with E-state index in [1.165, 1.54) is 5.56 Å². The van der Waals surface area contributed by atoms with Gasteiger partial charge >= 0.3 is 0 Å². The molecule has 1 aromatic heterocycles. The fourth-order valence-corrected chi connectivity index (χ4v) is 5.10. The van der Waals surface area contributed by atoms with E-state index in [4.69, 9.17) is 5.10 Å². The van der Waals surface area contributed by atoms with Crippen LogP contribution >= 0.6 is 0 Å². The molecule has 0 bridgehead atoms. The van der Waals surface area contributed by atoms with Gasteiger partial charge in [-0.2, -0.15) is 5.10 Å². The van der Waals surface area contributed by atoms with Gasteiger partial charge in [-0.05, 0) is 43.4 Å². The van der Waals surface area contributed by atoms with E-state index in [0.29, 0.717) is 63.2 Å². The van der Waals surface area contributed by atoms with Gasteiger partial charge in [-0.15, -0.1) is 0 Å². The van der Waals surface area contributed by atoms with Crippen LogP contribution < -0.4 is 0 Å². The van der Waals surface area contributed by atoms with Gasteiger partial charge in [0.1, 0.15) is 0 Å². The quantitative estimate of drug-likeness (QED) is 0.619. The molecule has 2 aliphatic rings. The van der Waals surface area contributed by atoms with E-state index in [2.05, 4.69) is 12.1 Å². The Morgan fingerprint density at radius 1 is 0.943 bits per heavy atom. The lowest BCUT2D eigenvalue weighted by Crippen LogP contribution is -2.41. The average Bonchev–Trinajstić information content (AvgIpc) is 3.26. The number of piperidine rings is 1. The van der Waals surface area contributed by atoms with Crippen molar-refractivity contribution >= 4 is 11.8 Å². The average molecular weight is 473 g/mol. The number of aromatic nitrogens is 2. The highest BCUT2D eigenvalue weighted by Gasteiger charge is 2.33. The van der Waals surface area contributed by atoms with Crippen LogP contribution in [-0.2, 0) is 25.9 Å². The lowest BCUT2D eigenvalue weighted by molar-refractivity contribution is 0.0536. The number of aryl methyl sites for hydroxylation is 3. The molecule has 1 fully saturated rings. The van der Waals surface area contributed by atoms with Gasteiger partial charge in [0.25, 0.3) is 11.8 Å². The molecule has 182 valence electrons. The first kappa shape index (κ1) is 23.3. The maximum absolute atomic E-state index is 13.5. The summed E-state index contributed by atoms with van der Waals surface area (Å²) in [5, 5.41) is 14.7. The molecule has 3 heterocycles. The number of nitrogens with zero attached hydrogens (tertiary/aromatic N) is 4. The minimum atomic E-state index is -0.349. The SMILES string of the molecule is Cc1ccccc1C(=O)N1CCc2c(c(C(=O)N3CCC(O)CC3)nn2CCc2ccccc2)C1. The predicted molar refractivity (Wildman–Crippen MR) is 133 cm³/mol. The van der Waals surface area contributed by atoms with Crippen LogP contribution in [0.2, 0.25) is 0 Å². The number of aliphatic hydroxyl groups excluding tert-OH is 1. The van der Waals surface area contributed by atoms with Crippen molar-refractivity contribution in [2.45, 2.75) is 51.8 Å². The molecule has 2 amide bonds. The van der Waals surface area contributed by atoms with Crippen LogP contribution in [0.1, 0.15) is 56.1 Å². The largest absolute Gasteiger partial charge is 0.393 e. The zero-order valence-electron chi connectivity index (χ0n) is 20.2. The van der Waals surface area contributed by atoms with Gasteiger partial charge in [0, 0.05) is 49.4 Å². The lowest BCUT2D eigenvalue weighted by Gasteiger charge is -2.31.